The van der Waals surface area contributed by atoms with Gasteiger partial charge in [-0.3, -0.25) is 15.0 Å². The summed E-state index contributed by atoms with van der Waals surface area (Å²) in [4.78, 5) is 36.6. The zero-order valence-electron chi connectivity index (χ0n) is 14.7. The Morgan fingerprint density at radius 1 is 1.29 bits per heavy atom. The lowest BCUT2D eigenvalue weighted by Crippen LogP contribution is -2.42. The van der Waals surface area contributed by atoms with Crippen LogP contribution < -0.4 is 5.32 Å². The number of thioether (sulfide) groups is 1. The van der Waals surface area contributed by atoms with Crippen LogP contribution in [-0.4, -0.2) is 44.0 Å². The van der Waals surface area contributed by atoms with Crippen LogP contribution in [0.4, 0.5) is 5.69 Å². The summed E-state index contributed by atoms with van der Waals surface area (Å²) in [5, 5.41) is 25.9. The van der Waals surface area contributed by atoms with E-state index in [1.54, 1.807) is 6.92 Å². The molecule has 0 spiro atoms. The van der Waals surface area contributed by atoms with E-state index in [4.69, 9.17) is 10.5 Å². The van der Waals surface area contributed by atoms with Crippen LogP contribution in [0.3, 0.4) is 0 Å². The Morgan fingerprint density at radius 2 is 2.00 bits per heavy atom. The van der Waals surface area contributed by atoms with Crippen molar-refractivity contribution in [3.63, 3.8) is 0 Å². The number of thiophene rings is 1. The average Bonchev–Trinajstić information content (AvgIpc) is 3.19. The van der Waals surface area contributed by atoms with Crippen molar-refractivity contribution in [2.75, 3.05) is 5.32 Å². The number of benzene rings is 1. The van der Waals surface area contributed by atoms with Crippen LogP contribution in [0, 0.1) is 5.41 Å². The molecule has 2 heterocycles. The molecule has 1 aliphatic heterocycles. The van der Waals surface area contributed by atoms with Crippen molar-refractivity contribution < 1.29 is 19.5 Å². The Labute approximate surface area is 168 Å². The molecule has 3 rings (SSSR count). The third-order valence-electron chi connectivity index (χ3n) is 3.86. The Morgan fingerprint density at radius 3 is 2.57 bits per heavy atom. The molecule has 1 unspecified atom stereocenters. The number of hydrogen-bond acceptors (Lipinski definition) is 7. The number of anilines is 1. The minimum Gasteiger partial charge on any atom is -0.478 e. The first-order chi connectivity index (χ1) is 13.3. The van der Waals surface area contributed by atoms with Crippen LogP contribution in [-0.2, 0) is 9.59 Å². The maximum absolute atomic E-state index is 12.4. The van der Waals surface area contributed by atoms with Crippen molar-refractivity contribution in [3.8, 4) is 0 Å². The van der Waals surface area contributed by atoms with Gasteiger partial charge in [-0.15, -0.1) is 11.3 Å². The van der Waals surface area contributed by atoms with Crippen LogP contribution in [0.2, 0.25) is 0 Å². The fourth-order valence-electron chi connectivity index (χ4n) is 2.43. The van der Waals surface area contributed by atoms with E-state index in [9.17, 15) is 14.4 Å². The third kappa shape index (κ3) is 4.46. The topological polar surface area (TPSA) is 123 Å². The molecule has 0 radical (unpaired) electrons. The monoisotopic (exact) mass is 416 g/mol. The summed E-state index contributed by atoms with van der Waals surface area (Å²) in [5.74, 6) is -1.91. The number of nitrogens with one attached hydrogen (secondary N) is 2. The van der Waals surface area contributed by atoms with Gasteiger partial charge in [0.05, 0.1) is 22.6 Å². The summed E-state index contributed by atoms with van der Waals surface area (Å²) in [7, 11) is 0. The number of rotatable bonds is 5. The summed E-state index contributed by atoms with van der Waals surface area (Å²) >= 11 is 2.44. The maximum atomic E-state index is 12.4. The highest BCUT2D eigenvalue weighted by Gasteiger charge is 2.35. The van der Waals surface area contributed by atoms with Crippen molar-refractivity contribution in [2.24, 2.45) is 5.10 Å². The van der Waals surface area contributed by atoms with Crippen LogP contribution >= 0.6 is 23.1 Å². The molecule has 3 N–H and O–H groups in total. The van der Waals surface area contributed by atoms with E-state index in [-0.39, 0.29) is 17.2 Å². The van der Waals surface area contributed by atoms with Crippen molar-refractivity contribution >= 4 is 57.4 Å². The number of hydrazone groups is 1. The van der Waals surface area contributed by atoms with Crippen molar-refractivity contribution in [2.45, 2.75) is 18.6 Å². The van der Waals surface area contributed by atoms with Crippen molar-refractivity contribution in [1.29, 1.82) is 5.41 Å². The number of aromatic carboxylic acids is 1. The quantitative estimate of drug-likeness (QED) is 0.647. The smallest absolute Gasteiger partial charge is 0.335 e. The summed E-state index contributed by atoms with van der Waals surface area (Å²) < 4.78 is 0. The first-order valence-corrected chi connectivity index (χ1v) is 9.92. The Balaban J connectivity index is 1.65. The van der Waals surface area contributed by atoms with Crippen LogP contribution in [0.25, 0.3) is 0 Å². The van der Waals surface area contributed by atoms with Gasteiger partial charge >= 0.3 is 5.97 Å². The fourth-order valence-corrected chi connectivity index (χ4v) is 4.01. The van der Waals surface area contributed by atoms with Gasteiger partial charge in [0.2, 0.25) is 5.91 Å². The molecule has 2 amide bonds. The highest BCUT2D eigenvalue weighted by atomic mass is 32.2. The Kier molecular flexibility index (Phi) is 5.90. The predicted molar refractivity (Wildman–Crippen MR) is 109 cm³/mol. The minimum atomic E-state index is -1.06. The number of amidine groups is 1. The molecule has 1 aromatic carbocycles. The van der Waals surface area contributed by atoms with Gasteiger partial charge in [-0.1, -0.05) is 17.8 Å². The number of carboxylic acid groups (broad SMARTS) is 1. The van der Waals surface area contributed by atoms with Gasteiger partial charge in [-0.2, -0.15) is 10.1 Å². The number of nitrogens with zero attached hydrogens (tertiary/aromatic N) is 2. The van der Waals surface area contributed by atoms with E-state index < -0.39 is 23.0 Å². The summed E-state index contributed by atoms with van der Waals surface area (Å²) in [6.45, 7) is 1.76. The maximum Gasteiger partial charge on any atom is 0.335 e. The molecular weight excluding hydrogens is 400 g/mol. The lowest BCUT2D eigenvalue weighted by Gasteiger charge is -2.27. The zero-order valence-corrected chi connectivity index (χ0v) is 16.3. The largest absolute Gasteiger partial charge is 0.478 e. The van der Waals surface area contributed by atoms with Gasteiger partial charge in [-0.25, -0.2) is 4.79 Å². The molecule has 1 aliphatic rings. The van der Waals surface area contributed by atoms with E-state index in [1.165, 1.54) is 35.6 Å². The minimum absolute atomic E-state index is 0.0900. The first-order valence-electron chi connectivity index (χ1n) is 8.16. The SMILES string of the molecule is CC(=NN1C(=N)SC(C(=O)Nc2ccc(C(=O)O)cc2)CC1=O)c1cccs1. The van der Waals surface area contributed by atoms with Gasteiger partial charge in [0.25, 0.3) is 5.91 Å². The number of carboxylic acids is 1. The molecule has 1 saturated heterocycles. The van der Waals surface area contributed by atoms with E-state index in [0.29, 0.717) is 11.4 Å². The van der Waals surface area contributed by atoms with E-state index in [1.807, 2.05) is 17.5 Å². The highest BCUT2D eigenvalue weighted by molar-refractivity contribution is 8.14. The van der Waals surface area contributed by atoms with Gasteiger partial charge in [0.1, 0.15) is 5.25 Å². The van der Waals surface area contributed by atoms with E-state index in [0.717, 1.165) is 21.6 Å². The van der Waals surface area contributed by atoms with E-state index >= 15 is 0 Å². The van der Waals surface area contributed by atoms with Gasteiger partial charge in [0.15, 0.2) is 5.17 Å². The molecule has 10 heteroatoms. The van der Waals surface area contributed by atoms with Crippen LogP contribution in [0.15, 0.2) is 46.9 Å². The molecule has 8 nitrogen and oxygen atoms in total. The molecule has 0 aliphatic carbocycles. The second-order valence-electron chi connectivity index (χ2n) is 5.86. The third-order valence-corrected chi connectivity index (χ3v) is 5.90. The molecule has 1 fully saturated rings. The van der Waals surface area contributed by atoms with Crippen LogP contribution in [0.1, 0.15) is 28.6 Å². The molecule has 0 saturated carbocycles. The fraction of sp³-hybridized carbons (Fsp3) is 0.167. The Hall–Kier alpha value is -2.98. The van der Waals surface area contributed by atoms with Crippen LogP contribution in [0.5, 0.6) is 0 Å². The molecule has 28 heavy (non-hydrogen) atoms. The average molecular weight is 416 g/mol. The van der Waals surface area contributed by atoms with Gasteiger partial charge in [0, 0.05) is 5.69 Å². The van der Waals surface area contributed by atoms with Gasteiger partial charge < -0.3 is 10.4 Å². The predicted octanol–water partition coefficient (Wildman–Crippen LogP) is 3.08. The second-order valence-corrected chi connectivity index (χ2v) is 7.99. The number of carbonyl (C=O) groups is 3. The van der Waals surface area contributed by atoms with Crippen molar-refractivity contribution in [1.82, 2.24) is 5.01 Å². The highest BCUT2D eigenvalue weighted by Crippen LogP contribution is 2.27. The van der Waals surface area contributed by atoms with Gasteiger partial charge in [-0.05, 0) is 42.6 Å². The molecular formula is C18H16N4O4S2. The molecule has 2 aromatic rings. The zero-order chi connectivity index (χ0) is 20.3. The summed E-state index contributed by atoms with van der Waals surface area (Å²) in [5.41, 5.74) is 1.15. The molecule has 0 bridgehead atoms. The summed E-state index contributed by atoms with van der Waals surface area (Å²) in [6, 6.07) is 9.46. The number of hydrogen-bond donors (Lipinski definition) is 3. The number of carbonyl (C=O) groups excluding carboxylic acids is 2. The lowest BCUT2D eigenvalue weighted by atomic mass is 10.2. The first kappa shape index (κ1) is 19.8. The molecule has 1 atom stereocenters. The normalized spacial score (nSPS) is 17.5. The standard InChI is InChI=1S/C18H16N4O4S2/c1-10(13-3-2-8-27-13)21-22-15(23)9-14(28-18(22)19)16(24)20-12-6-4-11(5-7-12)17(25)26/h2-8,14,19H,9H2,1H3,(H,20,24)(H,25,26). The second kappa shape index (κ2) is 8.36. The lowest BCUT2D eigenvalue weighted by molar-refractivity contribution is -0.129. The molecule has 144 valence electrons. The number of amides is 2. The van der Waals surface area contributed by atoms with E-state index in [2.05, 4.69) is 10.4 Å². The van der Waals surface area contributed by atoms with Crippen molar-refractivity contribution in [3.05, 3.63) is 52.2 Å². The Bertz CT molecular complexity index is 936. The molecule has 1 aromatic heterocycles. The summed E-state index contributed by atoms with van der Waals surface area (Å²) in [6.07, 6.45) is -0.0900.